The van der Waals surface area contributed by atoms with E-state index in [1.807, 2.05) is 17.4 Å². The van der Waals surface area contributed by atoms with Gasteiger partial charge in [0.15, 0.2) is 11.0 Å². The van der Waals surface area contributed by atoms with E-state index in [1.54, 1.807) is 6.07 Å². The van der Waals surface area contributed by atoms with Gasteiger partial charge < -0.3 is 4.90 Å². The summed E-state index contributed by atoms with van der Waals surface area (Å²) in [5, 5.41) is 10.7. The third kappa shape index (κ3) is 1.91. The van der Waals surface area contributed by atoms with Crippen LogP contribution in [0.25, 0.3) is 0 Å². The molecule has 2 aromatic heterocycles. The van der Waals surface area contributed by atoms with E-state index in [2.05, 4.69) is 33.5 Å². The molecule has 0 saturated heterocycles. The molecular formula is C12H12ClN3S. The maximum Gasteiger partial charge on any atom is 0.151 e. The molecule has 3 nitrogen and oxygen atoms in total. The summed E-state index contributed by atoms with van der Waals surface area (Å²) in [6.07, 6.45) is 1.08. The van der Waals surface area contributed by atoms with Gasteiger partial charge in [-0.1, -0.05) is 11.6 Å². The van der Waals surface area contributed by atoms with Crippen molar-refractivity contribution in [3.63, 3.8) is 0 Å². The zero-order valence-electron chi connectivity index (χ0n) is 9.43. The maximum absolute atomic E-state index is 5.76. The summed E-state index contributed by atoms with van der Waals surface area (Å²) < 4.78 is 0. The maximum atomic E-state index is 5.76. The lowest BCUT2D eigenvalue weighted by Crippen LogP contribution is -2.33. The summed E-state index contributed by atoms with van der Waals surface area (Å²) in [5.41, 5.74) is 1.41. The Bertz CT molecular complexity index is 523. The second kappa shape index (κ2) is 4.27. The Morgan fingerprint density at radius 2 is 2.24 bits per heavy atom. The monoisotopic (exact) mass is 265 g/mol. The van der Waals surface area contributed by atoms with Gasteiger partial charge in [0.25, 0.3) is 0 Å². The second-order valence-electron chi connectivity index (χ2n) is 4.13. The van der Waals surface area contributed by atoms with E-state index >= 15 is 0 Å². The van der Waals surface area contributed by atoms with E-state index in [0.717, 1.165) is 18.8 Å². The van der Waals surface area contributed by atoms with Gasteiger partial charge in [-0.2, -0.15) is 0 Å². The Hall–Kier alpha value is -1.13. The van der Waals surface area contributed by atoms with E-state index in [0.29, 0.717) is 11.2 Å². The highest BCUT2D eigenvalue weighted by Crippen LogP contribution is 2.34. The van der Waals surface area contributed by atoms with E-state index in [9.17, 15) is 0 Å². The number of hydrogen-bond acceptors (Lipinski definition) is 4. The largest absolute Gasteiger partial charge is 0.348 e. The molecule has 17 heavy (non-hydrogen) atoms. The molecule has 0 aliphatic carbocycles. The molecule has 3 heterocycles. The summed E-state index contributed by atoms with van der Waals surface area (Å²) in [6, 6.07) is 6.30. The summed E-state index contributed by atoms with van der Waals surface area (Å²) in [6.45, 7) is 3.20. The molecule has 0 bridgehead atoms. The second-order valence-corrected chi connectivity index (χ2v) is 5.52. The number of fused-ring (bicyclic) bond motifs is 1. The zero-order chi connectivity index (χ0) is 11.8. The lowest BCUT2D eigenvalue weighted by Gasteiger charge is -2.34. The summed E-state index contributed by atoms with van der Waals surface area (Å²) in [4.78, 5) is 3.77. The van der Waals surface area contributed by atoms with Crippen molar-refractivity contribution in [2.75, 3.05) is 11.4 Å². The molecule has 2 aromatic rings. The standard InChI is InChI=1S/C12H12ClN3S/c1-8-9-5-7-17-10(9)4-6-16(8)12-3-2-11(13)14-15-12/h2-3,5,7-8H,4,6H2,1H3. The van der Waals surface area contributed by atoms with Crippen molar-refractivity contribution in [2.45, 2.75) is 19.4 Å². The molecule has 88 valence electrons. The molecule has 3 rings (SSSR count). The van der Waals surface area contributed by atoms with Gasteiger partial charge in [0, 0.05) is 11.4 Å². The minimum Gasteiger partial charge on any atom is -0.348 e. The Morgan fingerprint density at radius 1 is 1.35 bits per heavy atom. The third-order valence-electron chi connectivity index (χ3n) is 3.19. The van der Waals surface area contributed by atoms with Crippen molar-refractivity contribution in [2.24, 2.45) is 0 Å². The molecule has 0 amide bonds. The van der Waals surface area contributed by atoms with Crippen LogP contribution in [-0.2, 0) is 6.42 Å². The van der Waals surface area contributed by atoms with E-state index in [1.165, 1.54) is 10.4 Å². The highest BCUT2D eigenvalue weighted by atomic mass is 35.5. The first-order valence-corrected chi connectivity index (χ1v) is 6.83. The molecule has 0 aromatic carbocycles. The van der Waals surface area contributed by atoms with Gasteiger partial charge in [0.05, 0.1) is 6.04 Å². The fourth-order valence-electron chi connectivity index (χ4n) is 2.28. The quantitative estimate of drug-likeness (QED) is 0.792. The number of aromatic nitrogens is 2. The van der Waals surface area contributed by atoms with Gasteiger partial charge in [-0.15, -0.1) is 21.5 Å². The predicted molar refractivity (Wildman–Crippen MR) is 70.8 cm³/mol. The highest BCUT2D eigenvalue weighted by molar-refractivity contribution is 7.10. The van der Waals surface area contributed by atoms with Crippen LogP contribution in [0, 0.1) is 0 Å². The first-order valence-electron chi connectivity index (χ1n) is 5.58. The number of halogens is 1. The van der Waals surface area contributed by atoms with Crippen LogP contribution in [0.15, 0.2) is 23.6 Å². The van der Waals surface area contributed by atoms with Crippen LogP contribution in [0.4, 0.5) is 5.82 Å². The molecule has 1 unspecified atom stereocenters. The van der Waals surface area contributed by atoms with Crippen LogP contribution in [0.5, 0.6) is 0 Å². The van der Waals surface area contributed by atoms with Crippen LogP contribution >= 0.6 is 22.9 Å². The van der Waals surface area contributed by atoms with Crippen LogP contribution in [-0.4, -0.2) is 16.7 Å². The van der Waals surface area contributed by atoms with Crippen molar-refractivity contribution in [1.82, 2.24) is 10.2 Å². The summed E-state index contributed by atoms with van der Waals surface area (Å²) in [7, 11) is 0. The smallest absolute Gasteiger partial charge is 0.151 e. The topological polar surface area (TPSA) is 29.0 Å². The molecule has 0 saturated carbocycles. The number of rotatable bonds is 1. The number of thiophene rings is 1. The zero-order valence-corrected chi connectivity index (χ0v) is 11.0. The van der Waals surface area contributed by atoms with Crippen molar-refractivity contribution in [3.05, 3.63) is 39.2 Å². The lowest BCUT2D eigenvalue weighted by molar-refractivity contribution is 0.620. The third-order valence-corrected chi connectivity index (χ3v) is 4.39. The Balaban J connectivity index is 1.93. The summed E-state index contributed by atoms with van der Waals surface area (Å²) >= 11 is 7.61. The van der Waals surface area contributed by atoms with Gasteiger partial charge in [0.1, 0.15) is 0 Å². The average Bonchev–Trinajstić information content (AvgIpc) is 2.80. The van der Waals surface area contributed by atoms with Crippen LogP contribution in [0.2, 0.25) is 5.15 Å². The van der Waals surface area contributed by atoms with Gasteiger partial charge in [-0.05, 0) is 42.5 Å². The number of nitrogens with zero attached hydrogens (tertiary/aromatic N) is 3. The van der Waals surface area contributed by atoms with Crippen molar-refractivity contribution >= 4 is 28.8 Å². The fourth-order valence-corrected chi connectivity index (χ4v) is 3.35. The van der Waals surface area contributed by atoms with Gasteiger partial charge in [-0.3, -0.25) is 0 Å². The predicted octanol–water partition coefficient (Wildman–Crippen LogP) is 3.32. The number of anilines is 1. The van der Waals surface area contributed by atoms with Crippen molar-refractivity contribution < 1.29 is 0 Å². The van der Waals surface area contributed by atoms with E-state index in [4.69, 9.17) is 11.6 Å². The molecule has 5 heteroatoms. The minimum absolute atomic E-state index is 0.362. The van der Waals surface area contributed by atoms with Gasteiger partial charge in [0.2, 0.25) is 0 Å². The Labute approximate surface area is 109 Å². The van der Waals surface area contributed by atoms with Gasteiger partial charge >= 0.3 is 0 Å². The van der Waals surface area contributed by atoms with E-state index in [-0.39, 0.29) is 0 Å². The molecule has 0 fully saturated rings. The van der Waals surface area contributed by atoms with Crippen molar-refractivity contribution in [1.29, 1.82) is 0 Å². The van der Waals surface area contributed by atoms with Crippen molar-refractivity contribution in [3.8, 4) is 0 Å². The first-order chi connectivity index (χ1) is 8.25. The van der Waals surface area contributed by atoms with Crippen LogP contribution in [0.3, 0.4) is 0 Å². The Kier molecular flexibility index (Phi) is 2.76. The minimum atomic E-state index is 0.362. The highest BCUT2D eigenvalue weighted by Gasteiger charge is 2.25. The SMILES string of the molecule is CC1c2ccsc2CCN1c1ccc(Cl)nn1. The van der Waals surface area contributed by atoms with Gasteiger partial charge in [-0.25, -0.2) is 0 Å². The first kappa shape index (κ1) is 11.0. The molecule has 1 aliphatic heterocycles. The molecule has 0 radical (unpaired) electrons. The average molecular weight is 266 g/mol. The lowest BCUT2D eigenvalue weighted by atomic mass is 10.0. The van der Waals surface area contributed by atoms with E-state index < -0.39 is 0 Å². The fraction of sp³-hybridized carbons (Fsp3) is 0.333. The molecule has 1 aliphatic rings. The normalized spacial score (nSPS) is 19.2. The summed E-state index contributed by atoms with van der Waals surface area (Å²) in [5.74, 6) is 0.902. The molecular weight excluding hydrogens is 254 g/mol. The molecule has 0 spiro atoms. The van der Waals surface area contributed by atoms with Crippen LogP contribution in [0.1, 0.15) is 23.4 Å². The van der Waals surface area contributed by atoms with Crippen LogP contribution < -0.4 is 4.90 Å². The number of hydrogen-bond donors (Lipinski definition) is 0. The Morgan fingerprint density at radius 3 is 3.00 bits per heavy atom. The molecule has 0 N–H and O–H groups in total. The molecule has 1 atom stereocenters.